The van der Waals surface area contributed by atoms with Gasteiger partial charge >= 0.3 is 0 Å². The summed E-state index contributed by atoms with van der Waals surface area (Å²) in [6.07, 6.45) is 4.37. The third kappa shape index (κ3) is 3.29. The highest BCUT2D eigenvalue weighted by Gasteiger charge is 2.31. The van der Waals surface area contributed by atoms with Crippen LogP contribution in [-0.4, -0.2) is 17.5 Å². The number of rotatable bonds is 7. The smallest absolute Gasteiger partial charge is 0.272 e. The molecule has 1 aliphatic rings. The van der Waals surface area contributed by atoms with E-state index in [1.165, 1.54) is 12.8 Å². The van der Waals surface area contributed by atoms with E-state index in [9.17, 15) is 10.1 Å². The summed E-state index contributed by atoms with van der Waals surface area (Å²) in [6, 6.07) is 7.48. The molecule has 0 radical (unpaired) electrons. The first-order valence-corrected chi connectivity index (χ1v) is 6.68. The van der Waals surface area contributed by atoms with Gasteiger partial charge < -0.3 is 5.32 Å². The molecule has 1 fully saturated rings. The molecular weight excluding hydrogens is 228 g/mol. The third-order valence-electron chi connectivity index (χ3n) is 3.48. The van der Waals surface area contributed by atoms with Gasteiger partial charge in [0.25, 0.3) is 5.69 Å². The van der Waals surface area contributed by atoms with Gasteiger partial charge in [0.05, 0.1) is 4.92 Å². The van der Waals surface area contributed by atoms with Crippen LogP contribution in [-0.2, 0) is 6.42 Å². The summed E-state index contributed by atoms with van der Waals surface area (Å²) in [4.78, 5) is 10.7. The Morgan fingerprint density at radius 3 is 2.78 bits per heavy atom. The maximum absolute atomic E-state index is 11.0. The first kappa shape index (κ1) is 13.0. The van der Waals surface area contributed by atoms with E-state index in [4.69, 9.17) is 0 Å². The number of nitrogens with one attached hydrogen (secondary N) is 1. The Labute approximate surface area is 108 Å². The average molecular weight is 248 g/mol. The second-order valence-electron chi connectivity index (χ2n) is 4.99. The molecular formula is C14H20N2O2. The number of benzene rings is 1. The van der Waals surface area contributed by atoms with Crippen LogP contribution in [0.4, 0.5) is 5.69 Å². The highest BCUT2D eigenvalue weighted by Crippen LogP contribution is 2.35. The summed E-state index contributed by atoms with van der Waals surface area (Å²) < 4.78 is 0. The van der Waals surface area contributed by atoms with E-state index in [0.717, 1.165) is 24.9 Å². The fourth-order valence-electron chi connectivity index (χ4n) is 2.33. The summed E-state index contributed by atoms with van der Waals surface area (Å²) in [5, 5.41) is 14.5. The maximum atomic E-state index is 11.0. The lowest BCUT2D eigenvalue weighted by molar-refractivity contribution is -0.385. The highest BCUT2D eigenvalue weighted by molar-refractivity contribution is 5.40. The average Bonchev–Trinajstić information content (AvgIpc) is 3.19. The van der Waals surface area contributed by atoms with Gasteiger partial charge in [0.2, 0.25) is 0 Å². The molecule has 0 aromatic heterocycles. The van der Waals surface area contributed by atoms with Gasteiger partial charge in [0.15, 0.2) is 0 Å². The van der Waals surface area contributed by atoms with E-state index in [-0.39, 0.29) is 10.6 Å². The molecule has 0 bridgehead atoms. The Bertz CT molecular complexity index is 416. The molecule has 0 saturated heterocycles. The molecule has 1 aliphatic carbocycles. The largest absolute Gasteiger partial charge is 0.313 e. The number of nitrogens with zero attached hydrogens (tertiary/aromatic N) is 1. The Hall–Kier alpha value is -1.42. The Morgan fingerprint density at radius 1 is 1.44 bits per heavy atom. The van der Waals surface area contributed by atoms with Gasteiger partial charge in [-0.1, -0.05) is 25.1 Å². The van der Waals surface area contributed by atoms with Gasteiger partial charge in [-0.05, 0) is 38.1 Å². The van der Waals surface area contributed by atoms with Crippen molar-refractivity contribution >= 4 is 5.69 Å². The molecule has 1 aromatic carbocycles. The van der Waals surface area contributed by atoms with Crippen LogP contribution in [0, 0.1) is 16.0 Å². The van der Waals surface area contributed by atoms with Crippen molar-refractivity contribution in [3.05, 3.63) is 39.9 Å². The normalized spacial score (nSPS) is 16.5. The molecule has 0 heterocycles. The summed E-state index contributed by atoms with van der Waals surface area (Å²) >= 11 is 0. The molecule has 1 atom stereocenters. The van der Waals surface area contributed by atoms with E-state index in [0.29, 0.717) is 12.0 Å². The number of para-hydroxylation sites is 1. The van der Waals surface area contributed by atoms with Crippen molar-refractivity contribution in [3.8, 4) is 0 Å². The van der Waals surface area contributed by atoms with E-state index in [1.807, 2.05) is 12.1 Å². The molecule has 2 rings (SSSR count). The fraction of sp³-hybridized carbons (Fsp3) is 0.571. The quantitative estimate of drug-likeness (QED) is 0.596. The topological polar surface area (TPSA) is 55.2 Å². The van der Waals surface area contributed by atoms with Crippen molar-refractivity contribution in [2.45, 2.75) is 38.6 Å². The Kier molecular flexibility index (Phi) is 4.31. The molecule has 0 aliphatic heterocycles. The van der Waals surface area contributed by atoms with E-state index in [1.54, 1.807) is 12.1 Å². The molecule has 98 valence electrons. The summed E-state index contributed by atoms with van der Waals surface area (Å²) in [5.74, 6) is 0.705. The minimum atomic E-state index is -0.279. The van der Waals surface area contributed by atoms with Crippen LogP contribution in [0.25, 0.3) is 0 Å². The third-order valence-corrected chi connectivity index (χ3v) is 3.48. The molecule has 1 N–H and O–H groups in total. The van der Waals surface area contributed by atoms with Gasteiger partial charge in [0, 0.05) is 17.7 Å². The van der Waals surface area contributed by atoms with Gasteiger partial charge in [-0.25, -0.2) is 0 Å². The fourth-order valence-corrected chi connectivity index (χ4v) is 2.33. The van der Waals surface area contributed by atoms with Gasteiger partial charge in [0.1, 0.15) is 0 Å². The van der Waals surface area contributed by atoms with Crippen LogP contribution in [0.1, 0.15) is 31.7 Å². The SMILES string of the molecule is CCCNC(Cc1ccccc1[N+](=O)[O-])C1CC1. The van der Waals surface area contributed by atoms with Crippen LogP contribution < -0.4 is 5.32 Å². The lowest BCUT2D eigenvalue weighted by Gasteiger charge is -2.17. The molecule has 1 aromatic rings. The maximum Gasteiger partial charge on any atom is 0.272 e. The minimum absolute atomic E-state index is 0.251. The van der Waals surface area contributed by atoms with Crippen LogP contribution >= 0.6 is 0 Å². The molecule has 1 saturated carbocycles. The zero-order valence-corrected chi connectivity index (χ0v) is 10.8. The molecule has 1 unspecified atom stereocenters. The molecule has 18 heavy (non-hydrogen) atoms. The van der Waals surface area contributed by atoms with E-state index >= 15 is 0 Å². The first-order chi connectivity index (χ1) is 8.72. The van der Waals surface area contributed by atoms with Gasteiger partial charge in [-0.3, -0.25) is 10.1 Å². The predicted octanol–water partition coefficient (Wildman–Crippen LogP) is 2.92. The Balaban J connectivity index is 2.08. The summed E-state index contributed by atoms with van der Waals surface area (Å²) in [7, 11) is 0. The zero-order valence-electron chi connectivity index (χ0n) is 10.8. The second kappa shape index (κ2) is 5.96. The van der Waals surface area contributed by atoms with Crippen molar-refractivity contribution in [2.24, 2.45) is 5.92 Å². The van der Waals surface area contributed by atoms with E-state index < -0.39 is 0 Å². The van der Waals surface area contributed by atoms with Gasteiger partial charge in [-0.2, -0.15) is 0 Å². The second-order valence-corrected chi connectivity index (χ2v) is 4.99. The monoisotopic (exact) mass is 248 g/mol. The van der Waals surface area contributed by atoms with Crippen molar-refractivity contribution in [1.82, 2.24) is 5.32 Å². The first-order valence-electron chi connectivity index (χ1n) is 6.68. The lowest BCUT2D eigenvalue weighted by atomic mass is 10.0. The summed E-state index contributed by atoms with van der Waals surface area (Å²) in [6.45, 7) is 3.13. The van der Waals surface area contributed by atoms with Crippen LogP contribution in [0.5, 0.6) is 0 Å². The minimum Gasteiger partial charge on any atom is -0.313 e. The molecule has 0 spiro atoms. The summed E-state index contributed by atoms with van der Waals surface area (Å²) in [5.41, 5.74) is 1.10. The van der Waals surface area contributed by atoms with E-state index in [2.05, 4.69) is 12.2 Å². The number of hydrogen-bond donors (Lipinski definition) is 1. The van der Waals surface area contributed by atoms with Gasteiger partial charge in [-0.15, -0.1) is 0 Å². The predicted molar refractivity (Wildman–Crippen MR) is 71.6 cm³/mol. The van der Waals surface area contributed by atoms with Crippen LogP contribution in [0.15, 0.2) is 24.3 Å². The number of hydrogen-bond acceptors (Lipinski definition) is 3. The van der Waals surface area contributed by atoms with Crippen molar-refractivity contribution in [2.75, 3.05) is 6.54 Å². The van der Waals surface area contributed by atoms with Crippen LogP contribution in [0.2, 0.25) is 0 Å². The number of nitro groups is 1. The number of nitro benzene ring substituents is 1. The zero-order chi connectivity index (χ0) is 13.0. The lowest BCUT2D eigenvalue weighted by Crippen LogP contribution is -2.33. The highest BCUT2D eigenvalue weighted by atomic mass is 16.6. The van der Waals surface area contributed by atoms with Crippen LogP contribution in [0.3, 0.4) is 0 Å². The van der Waals surface area contributed by atoms with Crippen molar-refractivity contribution in [1.29, 1.82) is 0 Å². The Morgan fingerprint density at radius 2 is 2.17 bits per heavy atom. The van der Waals surface area contributed by atoms with Crippen molar-refractivity contribution < 1.29 is 4.92 Å². The standard InChI is InChI=1S/C14H20N2O2/c1-2-9-15-13(11-7-8-11)10-12-5-3-4-6-14(12)16(17)18/h3-6,11,13,15H,2,7-10H2,1H3. The molecule has 4 heteroatoms. The molecule has 4 nitrogen and oxygen atoms in total. The van der Waals surface area contributed by atoms with Crippen molar-refractivity contribution in [3.63, 3.8) is 0 Å². The molecule has 0 amide bonds.